The first-order valence-electron chi connectivity index (χ1n) is 9.15. The number of hydrogen-bond donors (Lipinski definition) is 2. The molecule has 3 aromatic rings. The lowest BCUT2D eigenvalue weighted by Gasteiger charge is -2.26. The van der Waals surface area contributed by atoms with E-state index in [-0.39, 0.29) is 5.91 Å². The van der Waals surface area contributed by atoms with Gasteiger partial charge in [0.1, 0.15) is 10.6 Å². The SMILES string of the molecule is CCC(=O)N1CCc2c(sc3nc(-c4ccncc4)nc(NCCN)c23)C1. The van der Waals surface area contributed by atoms with Crippen molar-refractivity contribution in [3.8, 4) is 11.4 Å². The number of carbonyl (C=O) groups is 1. The molecular weight excluding hydrogens is 360 g/mol. The average Bonchev–Trinajstić information content (AvgIpc) is 3.09. The van der Waals surface area contributed by atoms with E-state index in [0.29, 0.717) is 31.9 Å². The number of rotatable bonds is 5. The fourth-order valence-corrected chi connectivity index (χ4v) is 4.62. The zero-order chi connectivity index (χ0) is 18.8. The molecule has 0 unspecified atom stereocenters. The third-order valence-electron chi connectivity index (χ3n) is 4.73. The molecule has 1 aliphatic rings. The minimum absolute atomic E-state index is 0.197. The van der Waals surface area contributed by atoms with Crippen LogP contribution in [0.15, 0.2) is 24.5 Å². The predicted molar refractivity (Wildman–Crippen MR) is 108 cm³/mol. The summed E-state index contributed by atoms with van der Waals surface area (Å²) in [6.45, 7) is 4.48. The molecule has 0 saturated heterocycles. The van der Waals surface area contributed by atoms with E-state index in [9.17, 15) is 4.79 Å². The van der Waals surface area contributed by atoms with Crippen molar-refractivity contribution < 1.29 is 4.79 Å². The zero-order valence-corrected chi connectivity index (χ0v) is 16.1. The van der Waals surface area contributed by atoms with Crippen LogP contribution in [0.5, 0.6) is 0 Å². The van der Waals surface area contributed by atoms with Gasteiger partial charge in [-0.1, -0.05) is 6.92 Å². The molecule has 4 rings (SSSR count). The van der Waals surface area contributed by atoms with Crippen molar-refractivity contribution in [2.75, 3.05) is 25.0 Å². The monoisotopic (exact) mass is 382 g/mol. The Bertz CT molecular complexity index is 971. The fraction of sp³-hybridized carbons (Fsp3) is 0.368. The molecule has 140 valence electrons. The molecule has 4 heterocycles. The largest absolute Gasteiger partial charge is 0.368 e. The Morgan fingerprint density at radius 2 is 2.15 bits per heavy atom. The van der Waals surface area contributed by atoms with Crippen LogP contribution in [0.1, 0.15) is 23.8 Å². The molecule has 0 spiro atoms. The molecule has 8 heteroatoms. The van der Waals surface area contributed by atoms with Crippen molar-refractivity contribution in [3.63, 3.8) is 0 Å². The molecule has 3 N–H and O–H groups in total. The zero-order valence-electron chi connectivity index (χ0n) is 15.2. The molecule has 7 nitrogen and oxygen atoms in total. The number of fused-ring (bicyclic) bond motifs is 3. The van der Waals surface area contributed by atoms with Crippen LogP contribution >= 0.6 is 11.3 Å². The van der Waals surface area contributed by atoms with Crippen molar-refractivity contribution >= 4 is 33.3 Å². The highest BCUT2D eigenvalue weighted by Crippen LogP contribution is 2.38. The molecule has 0 saturated carbocycles. The summed E-state index contributed by atoms with van der Waals surface area (Å²) in [7, 11) is 0. The van der Waals surface area contributed by atoms with Crippen molar-refractivity contribution in [1.82, 2.24) is 19.9 Å². The first-order chi connectivity index (χ1) is 13.2. The second-order valence-corrected chi connectivity index (χ2v) is 7.53. The molecule has 0 fully saturated rings. The van der Waals surface area contributed by atoms with E-state index in [1.807, 2.05) is 24.0 Å². The van der Waals surface area contributed by atoms with Gasteiger partial charge in [-0.2, -0.15) is 0 Å². The van der Waals surface area contributed by atoms with Gasteiger partial charge in [0.2, 0.25) is 5.91 Å². The summed E-state index contributed by atoms with van der Waals surface area (Å²) in [4.78, 5) is 29.9. The van der Waals surface area contributed by atoms with E-state index in [1.165, 1.54) is 10.4 Å². The summed E-state index contributed by atoms with van der Waals surface area (Å²) in [6.07, 6.45) is 4.85. The van der Waals surface area contributed by atoms with Crippen LogP contribution in [0.4, 0.5) is 5.82 Å². The maximum absolute atomic E-state index is 12.1. The molecule has 1 amide bonds. The first-order valence-corrected chi connectivity index (χ1v) is 9.97. The number of hydrogen-bond acceptors (Lipinski definition) is 7. The lowest BCUT2D eigenvalue weighted by Crippen LogP contribution is -2.34. The van der Waals surface area contributed by atoms with Gasteiger partial charge in [-0.25, -0.2) is 9.97 Å². The van der Waals surface area contributed by atoms with E-state index in [0.717, 1.165) is 34.6 Å². The number of nitrogens with two attached hydrogens (primary N) is 1. The van der Waals surface area contributed by atoms with Crippen LogP contribution in [0.3, 0.4) is 0 Å². The van der Waals surface area contributed by atoms with Gasteiger partial charge in [-0.05, 0) is 24.1 Å². The normalized spacial score (nSPS) is 13.6. The smallest absolute Gasteiger partial charge is 0.222 e. The topological polar surface area (TPSA) is 97.0 Å². The number of carbonyl (C=O) groups excluding carboxylic acids is 1. The van der Waals surface area contributed by atoms with Gasteiger partial charge in [-0.15, -0.1) is 11.3 Å². The van der Waals surface area contributed by atoms with Gasteiger partial charge in [0.15, 0.2) is 5.82 Å². The molecule has 0 radical (unpaired) electrons. The Balaban J connectivity index is 1.82. The van der Waals surface area contributed by atoms with E-state index in [4.69, 9.17) is 15.7 Å². The summed E-state index contributed by atoms with van der Waals surface area (Å²) in [5.74, 6) is 1.69. The lowest BCUT2D eigenvalue weighted by atomic mass is 10.0. The number of pyridine rings is 1. The Labute approximate surface area is 161 Å². The van der Waals surface area contributed by atoms with Gasteiger partial charge in [-0.3, -0.25) is 9.78 Å². The molecule has 0 aliphatic carbocycles. The molecule has 0 bridgehead atoms. The molecule has 1 aliphatic heterocycles. The fourth-order valence-electron chi connectivity index (χ4n) is 3.38. The first kappa shape index (κ1) is 17.8. The number of nitrogens with one attached hydrogen (secondary N) is 1. The number of nitrogens with zero attached hydrogens (tertiary/aromatic N) is 4. The van der Waals surface area contributed by atoms with E-state index >= 15 is 0 Å². The van der Waals surface area contributed by atoms with Crippen LogP contribution in [0.2, 0.25) is 0 Å². The van der Waals surface area contributed by atoms with Gasteiger partial charge in [0, 0.05) is 48.9 Å². The highest BCUT2D eigenvalue weighted by atomic mass is 32.1. The van der Waals surface area contributed by atoms with Crippen LogP contribution in [0.25, 0.3) is 21.6 Å². The van der Waals surface area contributed by atoms with Gasteiger partial charge in [0.25, 0.3) is 0 Å². The maximum Gasteiger partial charge on any atom is 0.222 e. The van der Waals surface area contributed by atoms with E-state index in [1.54, 1.807) is 23.7 Å². The third kappa shape index (κ3) is 3.38. The Morgan fingerprint density at radius 1 is 1.33 bits per heavy atom. The minimum Gasteiger partial charge on any atom is -0.368 e. The standard InChI is InChI=1S/C19H22N6OS/c1-2-15(26)25-10-5-13-14(11-25)27-19-16(13)18(22-9-6-20)23-17(24-19)12-3-7-21-8-4-12/h3-4,7-8H,2,5-6,9-11,20H2,1H3,(H,22,23,24). The van der Waals surface area contributed by atoms with Gasteiger partial charge < -0.3 is 16.0 Å². The lowest BCUT2D eigenvalue weighted by molar-refractivity contribution is -0.131. The molecule has 0 atom stereocenters. The maximum atomic E-state index is 12.1. The van der Waals surface area contributed by atoms with E-state index in [2.05, 4.69) is 10.3 Å². The second kappa shape index (κ2) is 7.58. The van der Waals surface area contributed by atoms with Crippen LogP contribution in [-0.4, -0.2) is 45.4 Å². The molecule has 27 heavy (non-hydrogen) atoms. The summed E-state index contributed by atoms with van der Waals surface area (Å²) < 4.78 is 0. The second-order valence-electron chi connectivity index (χ2n) is 6.45. The van der Waals surface area contributed by atoms with Crippen LogP contribution in [-0.2, 0) is 17.8 Å². The summed E-state index contributed by atoms with van der Waals surface area (Å²) in [6, 6.07) is 3.81. The summed E-state index contributed by atoms with van der Waals surface area (Å²) in [5.41, 5.74) is 7.88. The quantitative estimate of drug-likeness (QED) is 0.703. The Morgan fingerprint density at radius 3 is 2.89 bits per heavy atom. The van der Waals surface area contributed by atoms with Crippen molar-refractivity contribution in [2.24, 2.45) is 5.73 Å². The van der Waals surface area contributed by atoms with Gasteiger partial charge >= 0.3 is 0 Å². The summed E-state index contributed by atoms with van der Waals surface area (Å²) >= 11 is 1.66. The minimum atomic E-state index is 0.197. The van der Waals surface area contributed by atoms with Crippen molar-refractivity contribution in [2.45, 2.75) is 26.3 Å². The van der Waals surface area contributed by atoms with Crippen molar-refractivity contribution in [3.05, 3.63) is 35.0 Å². The summed E-state index contributed by atoms with van der Waals surface area (Å²) in [5, 5.41) is 4.44. The van der Waals surface area contributed by atoms with Gasteiger partial charge in [0.05, 0.1) is 11.9 Å². The molecule has 3 aromatic heterocycles. The highest BCUT2D eigenvalue weighted by Gasteiger charge is 2.26. The number of thiophene rings is 1. The van der Waals surface area contributed by atoms with E-state index < -0.39 is 0 Å². The van der Waals surface area contributed by atoms with Crippen LogP contribution < -0.4 is 11.1 Å². The Hall–Kier alpha value is -2.58. The van der Waals surface area contributed by atoms with Crippen LogP contribution in [0, 0.1) is 0 Å². The third-order valence-corrected chi connectivity index (χ3v) is 5.84. The average molecular weight is 382 g/mol. The number of amides is 1. The number of aromatic nitrogens is 3. The highest BCUT2D eigenvalue weighted by molar-refractivity contribution is 7.19. The number of anilines is 1. The Kier molecular flexibility index (Phi) is 5.00. The van der Waals surface area contributed by atoms with Crippen molar-refractivity contribution in [1.29, 1.82) is 0 Å². The molecule has 0 aromatic carbocycles. The molecular formula is C19H22N6OS. The predicted octanol–water partition coefficient (Wildman–Crippen LogP) is 2.42.